The molecule has 0 bridgehead atoms. The molecule has 0 rings (SSSR count). The maximum Gasteiger partial charge on any atom is 0.305 e. The molecule has 3 nitrogen and oxygen atoms in total. The fourth-order valence-electron chi connectivity index (χ4n) is 1.15. The average Bonchev–Trinajstić information content (AvgIpc) is 2.12. The minimum Gasteiger partial charge on any atom is -0.469 e. The lowest BCUT2D eigenvalue weighted by atomic mass is 10.1. The Balaban J connectivity index is 3.34. The third-order valence-electron chi connectivity index (χ3n) is 2.06. The Kier molecular flexibility index (Phi) is 6.76. The Morgan fingerprint density at radius 1 is 1.58 bits per heavy atom. The Morgan fingerprint density at radius 3 is 2.67 bits per heavy atom. The van der Waals surface area contributed by atoms with E-state index in [1.165, 1.54) is 7.11 Å². The molecule has 0 spiro atoms. The summed E-state index contributed by atoms with van der Waals surface area (Å²) in [5, 5.41) is 3.19. The van der Waals surface area contributed by atoms with E-state index in [4.69, 9.17) is 0 Å². The number of nitrogens with one attached hydrogen (secondary N) is 1. The molecule has 0 aliphatic carbocycles. The molecule has 72 valence electrons. The van der Waals surface area contributed by atoms with Gasteiger partial charge < -0.3 is 10.1 Å². The number of hydrogen-bond donors (Lipinski definition) is 1. The van der Waals surface area contributed by atoms with Crippen molar-refractivity contribution in [1.29, 1.82) is 0 Å². The molecule has 0 aliphatic heterocycles. The van der Waals surface area contributed by atoms with Gasteiger partial charge in [-0.05, 0) is 26.3 Å². The Labute approximate surface area is 74.5 Å². The average molecular weight is 173 g/mol. The Hall–Kier alpha value is -0.570. The van der Waals surface area contributed by atoms with Crippen molar-refractivity contribution in [3.8, 4) is 0 Å². The second-order valence-corrected chi connectivity index (χ2v) is 2.86. The third kappa shape index (κ3) is 5.13. The lowest BCUT2D eigenvalue weighted by Crippen LogP contribution is -2.24. The van der Waals surface area contributed by atoms with E-state index in [9.17, 15) is 4.79 Å². The largest absolute Gasteiger partial charge is 0.469 e. The van der Waals surface area contributed by atoms with Crippen molar-refractivity contribution < 1.29 is 9.53 Å². The van der Waals surface area contributed by atoms with Gasteiger partial charge in [0.1, 0.15) is 0 Å². The lowest BCUT2D eigenvalue weighted by molar-refractivity contribution is -0.140. The van der Waals surface area contributed by atoms with Crippen LogP contribution < -0.4 is 5.32 Å². The highest BCUT2D eigenvalue weighted by molar-refractivity contribution is 5.68. The summed E-state index contributed by atoms with van der Waals surface area (Å²) in [6, 6.07) is 0.537. The number of hydrogen-bond acceptors (Lipinski definition) is 3. The van der Waals surface area contributed by atoms with Crippen molar-refractivity contribution in [2.75, 3.05) is 14.2 Å². The van der Waals surface area contributed by atoms with Crippen molar-refractivity contribution in [3.05, 3.63) is 0 Å². The van der Waals surface area contributed by atoms with E-state index < -0.39 is 0 Å². The summed E-state index contributed by atoms with van der Waals surface area (Å²) in [7, 11) is 3.38. The molecule has 0 unspecified atom stereocenters. The molecule has 0 fully saturated rings. The number of ether oxygens (including phenoxy) is 1. The van der Waals surface area contributed by atoms with Gasteiger partial charge in [0.15, 0.2) is 0 Å². The smallest absolute Gasteiger partial charge is 0.305 e. The molecule has 0 heterocycles. The molecule has 1 N–H and O–H groups in total. The Morgan fingerprint density at radius 2 is 2.25 bits per heavy atom. The van der Waals surface area contributed by atoms with Gasteiger partial charge in [0.25, 0.3) is 0 Å². The first-order valence-corrected chi connectivity index (χ1v) is 4.48. The zero-order chi connectivity index (χ0) is 9.40. The van der Waals surface area contributed by atoms with E-state index in [0.29, 0.717) is 12.5 Å². The van der Waals surface area contributed by atoms with Gasteiger partial charge >= 0.3 is 5.97 Å². The first-order chi connectivity index (χ1) is 5.74. The summed E-state index contributed by atoms with van der Waals surface area (Å²) in [6.07, 6.45) is 3.60. The Bertz CT molecular complexity index is 122. The first kappa shape index (κ1) is 11.4. The van der Waals surface area contributed by atoms with Crippen LogP contribution in [-0.4, -0.2) is 26.2 Å². The monoisotopic (exact) mass is 173 g/mol. The minimum atomic E-state index is -0.110. The summed E-state index contributed by atoms with van der Waals surface area (Å²) in [4.78, 5) is 10.7. The van der Waals surface area contributed by atoms with Crippen LogP contribution in [-0.2, 0) is 9.53 Å². The molecular formula is C9H19NO2. The minimum absolute atomic E-state index is 0.110. The van der Waals surface area contributed by atoms with Crippen LogP contribution in [0.3, 0.4) is 0 Å². The highest BCUT2D eigenvalue weighted by Gasteiger charge is 2.04. The summed E-state index contributed by atoms with van der Waals surface area (Å²) >= 11 is 0. The zero-order valence-corrected chi connectivity index (χ0v) is 8.22. The number of methoxy groups -OCH3 is 1. The topological polar surface area (TPSA) is 38.3 Å². The van der Waals surface area contributed by atoms with Gasteiger partial charge in [0.2, 0.25) is 0 Å². The molecule has 0 radical (unpaired) electrons. The van der Waals surface area contributed by atoms with E-state index in [1.807, 2.05) is 7.05 Å². The van der Waals surface area contributed by atoms with Crippen LogP contribution in [0.2, 0.25) is 0 Å². The van der Waals surface area contributed by atoms with E-state index in [2.05, 4.69) is 17.0 Å². The van der Waals surface area contributed by atoms with Crippen molar-refractivity contribution in [2.24, 2.45) is 0 Å². The molecule has 3 heteroatoms. The maximum absolute atomic E-state index is 10.7. The van der Waals surface area contributed by atoms with Crippen LogP contribution in [0.15, 0.2) is 0 Å². The molecule has 12 heavy (non-hydrogen) atoms. The van der Waals surface area contributed by atoms with Gasteiger partial charge in [0, 0.05) is 12.5 Å². The summed E-state index contributed by atoms with van der Waals surface area (Å²) < 4.78 is 4.54. The molecule has 0 saturated carbocycles. The number of carbonyl (C=O) groups excluding carboxylic acids is 1. The van der Waals surface area contributed by atoms with Gasteiger partial charge in [-0.3, -0.25) is 4.79 Å². The molecule has 1 atom stereocenters. The van der Waals surface area contributed by atoms with Gasteiger partial charge in [-0.1, -0.05) is 6.92 Å². The van der Waals surface area contributed by atoms with Gasteiger partial charge in [-0.15, -0.1) is 0 Å². The predicted octanol–water partition coefficient (Wildman–Crippen LogP) is 1.33. The molecule has 0 aromatic heterocycles. The number of esters is 1. The quantitative estimate of drug-likeness (QED) is 0.616. The van der Waals surface area contributed by atoms with Gasteiger partial charge in [-0.2, -0.15) is 0 Å². The van der Waals surface area contributed by atoms with E-state index in [-0.39, 0.29) is 5.97 Å². The van der Waals surface area contributed by atoms with Gasteiger partial charge in [-0.25, -0.2) is 0 Å². The normalized spacial score (nSPS) is 12.6. The fourth-order valence-corrected chi connectivity index (χ4v) is 1.15. The highest BCUT2D eigenvalue weighted by Crippen LogP contribution is 2.04. The number of carbonyl (C=O) groups is 1. The molecule has 0 aromatic rings. The van der Waals surface area contributed by atoms with Crippen LogP contribution in [0.4, 0.5) is 0 Å². The van der Waals surface area contributed by atoms with Gasteiger partial charge in [0.05, 0.1) is 7.11 Å². The zero-order valence-electron chi connectivity index (χ0n) is 8.22. The second kappa shape index (κ2) is 7.10. The summed E-state index contributed by atoms with van der Waals surface area (Å²) in [5.74, 6) is -0.110. The summed E-state index contributed by atoms with van der Waals surface area (Å²) in [6.45, 7) is 2.14. The molecule has 0 aliphatic rings. The van der Waals surface area contributed by atoms with Crippen LogP contribution >= 0.6 is 0 Å². The lowest BCUT2D eigenvalue weighted by Gasteiger charge is -2.12. The highest BCUT2D eigenvalue weighted by atomic mass is 16.5. The SMILES string of the molecule is CC[C@H](CCCC(=O)OC)NC. The molecule has 0 amide bonds. The van der Waals surface area contributed by atoms with Crippen LogP contribution in [0, 0.1) is 0 Å². The van der Waals surface area contributed by atoms with Crippen molar-refractivity contribution in [2.45, 2.75) is 38.6 Å². The molecular weight excluding hydrogens is 154 g/mol. The third-order valence-corrected chi connectivity index (χ3v) is 2.06. The van der Waals surface area contributed by atoms with Crippen molar-refractivity contribution >= 4 is 5.97 Å². The first-order valence-electron chi connectivity index (χ1n) is 4.48. The van der Waals surface area contributed by atoms with E-state index >= 15 is 0 Å². The fraction of sp³-hybridized carbons (Fsp3) is 0.889. The molecule has 0 aromatic carbocycles. The van der Waals surface area contributed by atoms with Crippen LogP contribution in [0.5, 0.6) is 0 Å². The summed E-state index contributed by atoms with van der Waals surface area (Å²) in [5.41, 5.74) is 0. The molecule has 0 saturated heterocycles. The number of rotatable bonds is 6. The van der Waals surface area contributed by atoms with E-state index in [1.54, 1.807) is 0 Å². The second-order valence-electron chi connectivity index (χ2n) is 2.86. The maximum atomic E-state index is 10.7. The van der Waals surface area contributed by atoms with Crippen LogP contribution in [0.25, 0.3) is 0 Å². The van der Waals surface area contributed by atoms with Crippen molar-refractivity contribution in [3.63, 3.8) is 0 Å². The predicted molar refractivity (Wildman–Crippen MR) is 49.0 cm³/mol. The standard InChI is InChI=1S/C9H19NO2/c1-4-8(10-2)6-5-7-9(11)12-3/h8,10H,4-7H2,1-3H3/t8-/m1/s1. The van der Waals surface area contributed by atoms with Crippen molar-refractivity contribution in [1.82, 2.24) is 5.32 Å². The van der Waals surface area contributed by atoms with E-state index in [0.717, 1.165) is 19.3 Å². The van der Waals surface area contributed by atoms with Crippen LogP contribution in [0.1, 0.15) is 32.6 Å².